The predicted molar refractivity (Wildman–Crippen MR) is 78.6 cm³/mol. The minimum atomic E-state index is 0.619. The van der Waals surface area contributed by atoms with Crippen molar-refractivity contribution < 1.29 is 4.74 Å². The van der Waals surface area contributed by atoms with Crippen molar-refractivity contribution >= 4 is 0 Å². The summed E-state index contributed by atoms with van der Waals surface area (Å²) in [5.41, 5.74) is 1.35. The van der Waals surface area contributed by atoms with Gasteiger partial charge in [-0.25, -0.2) is 0 Å². The molecule has 106 valence electrons. The highest BCUT2D eigenvalue weighted by Crippen LogP contribution is 2.41. The molecule has 2 rings (SSSR count). The summed E-state index contributed by atoms with van der Waals surface area (Å²) in [5, 5.41) is 3.35. The molecular formula is C16H26N2O. The lowest BCUT2D eigenvalue weighted by molar-refractivity contribution is 0.228. The number of methoxy groups -OCH3 is 1. The molecule has 0 bridgehead atoms. The first-order chi connectivity index (χ1) is 9.28. The number of nitrogens with zero attached hydrogens (tertiary/aromatic N) is 1. The standard InChI is InChI=1S/C16H26N2O/c1-4-12-5-6-13(9-17-2)16(7-12)14-8-15(19-3)11-18-10-14/h8,10-13,16-17H,4-7,9H2,1-3H3. The van der Waals surface area contributed by atoms with Gasteiger partial charge in [0.05, 0.1) is 13.3 Å². The Morgan fingerprint density at radius 2 is 2.21 bits per heavy atom. The van der Waals surface area contributed by atoms with Crippen LogP contribution in [0.4, 0.5) is 0 Å². The van der Waals surface area contributed by atoms with Gasteiger partial charge in [-0.2, -0.15) is 0 Å². The van der Waals surface area contributed by atoms with Gasteiger partial charge in [0.15, 0.2) is 0 Å². The Morgan fingerprint density at radius 3 is 2.89 bits per heavy atom. The average Bonchev–Trinajstić information content (AvgIpc) is 2.48. The smallest absolute Gasteiger partial charge is 0.137 e. The van der Waals surface area contributed by atoms with Gasteiger partial charge in [-0.15, -0.1) is 0 Å². The van der Waals surface area contributed by atoms with Gasteiger partial charge in [-0.05, 0) is 55.8 Å². The summed E-state index contributed by atoms with van der Waals surface area (Å²) in [4.78, 5) is 4.33. The maximum absolute atomic E-state index is 5.32. The molecule has 0 saturated heterocycles. The molecule has 3 atom stereocenters. The summed E-state index contributed by atoms with van der Waals surface area (Å²) < 4.78 is 5.32. The largest absolute Gasteiger partial charge is 0.495 e. The van der Waals surface area contributed by atoms with Crippen molar-refractivity contribution in [1.29, 1.82) is 0 Å². The van der Waals surface area contributed by atoms with Gasteiger partial charge in [0, 0.05) is 6.20 Å². The summed E-state index contributed by atoms with van der Waals surface area (Å²) in [6, 6.07) is 2.17. The van der Waals surface area contributed by atoms with Crippen LogP contribution in [0.1, 0.15) is 44.1 Å². The van der Waals surface area contributed by atoms with Gasteiger partial charge in [0.1, 0.15) is 5.75 Å². The normalized spacial score (nSPS) is 27.2. The fourth-order valence-corrected chi connectivity index (χ4v) is 3.36. The second kappa shape index (κ2) is 6.90. The zero-order valence-electron chi connectivity index (χ0n) is 12.4. The van der Waals surface area contributed by atoms with E-state index in [9.17, 15) is 0 Å². The number of ether oxygens (including phenoxy) is 1. The molecule has 1 aliphatic rings. The zero-order chi connectivity index (χ0) is 13.7. The quantitative estimate of drug-likeness (QED) is 0.884. The highest BCUT2D eigenvalue weighted by molar-refractivity contribution is 5.27. The zero-order valence-corrected chi connectivity index (χ0v) is 12.4. The lowest BCUT2D eigenvalue weighted by atomic mass is 9.70. The summed E-state index contributed by atoms with van der Waals surface area (Å²) in [7, 11) is 3.76. The fourth-order valence-electron chi connectivity index (χ4n) is 3.36. The third-order valence-electron chi connectivity index (χ3n) is 4.54. The van der Waals surface area contributed by atoms with Gasteiger partial charge in [-0.1, -0.05) is 19.8 Å². The van der Waals surface area contributed by atoms with Crippen molar-refractivity contribution in [1.82, 2.24) is 10.3 Å². The van der Waals surface area contributed by atoms with E-state index in [1.807, 2.05) is 13.2 Å². The van der Waals surface area contributed by atoms with E-state index in [2.05, 4.69) is 23.3 Å². The van der Waals surface area contributed by atoms with Crippen LogP contribution in [-0.4, -0.2) is 25.7 Å². The molecule has 1 heterocycles. The molecular weight excluding hydrogens is 236 g/mol. The van der Waals surface area contributed by atoms with Crippen molar-refractivity contribution in [2.75, 3.05) is 20.7 Å². The van der Waals surface area contributed by atoms with Gasteiger partial charge in [-0.3, -0.25) is 4.98 Å². The Balaban J connectivity index is 2.19. The van der Waals surface area contributed by atoms with Crippen LogP contribution < -0.4 is 10.1 Å². The molecule has 19 heavy (non-hydrogen) atoms. The molecule has 1 aliphatic carbocycles. The van der Waals surface area contributed by atoms with E-state index in [1.54, 1.807) is 13.3 Å². The van der Waals surface area contributed by atoms with Crippen LogP contribution in [-0.2, 0) is 0 Å². The van der Waals surface area contributed by atoms with E-state index in [-0.39, 0.29) is 0 Å². The maximum Gasteiger partial charge on any atom is 0.137 e. The summed E-state index contributed by atoms with van der Waals surface area (Å²) in [6.07, 6.45) is 9.08. The van der Waals surface area contributed by atoms with Crippen molar-refractivity contribution in [3.63, 3.8) is 0 Å². The van der Waals surface area contributed by atoms with E-state index in [4.69, 9.17) is 4.74 Å². The second-order valence-electron chi connectivity index (χ2n) is 5.67. The average molecular weight is 262 g/mol. The molecule has 1 N–H and O–H groups in total. The number of rotatable bonds is 5. The van der Waals surface area contributed by atoms with Crippen LogP contribution in [0.3, 0.4) is 0 Å². The number of nitrogens with one attached hydrogen (secondary N) is 1. The minimum Gasteiger partial charge on any atom is -0.495 e. The molecule has 3 heteroatoms. The number of hydrogen-bond acceptors (Lipinski definition) is 3. The van der Waals surface area contributed by atoms with Crippen molar-refractivity contribution in [2.45, 2.75) is 38.5 Å². The molecule has 1 fully saturated rings. The third kappa shape index (κ3) is 3.47. The van der Waals surface area contributed by atoms with Crippen LogP contribution in [0.5, 0.6) is 5.75 Å². The van der Waals surface area contributed by atoms with Gasteiger partial charge < -0.3 is 10.1 Å². The van der Waals surface area contributed by atoms with Crippen LogP contribution >= 0.6 is 0 Å². The molecule has 3 nitrogen and oxygen atoms in total. The summed E-state index contributed by atoms with van der Waals surface area (Å²) >= 11 is 0. The Morgan fingerprint density at radius 1 is 1.37 bits per heavy atom. The monoisotopic (exact) mass is 262 g/mol. The molecule has 0 radical (unpaired) electrons. The lowest BCUT2D eigenvalue weighted by Gasteiger charge is -2.36. The molecule has 0 spiro atoms. The number of aromatic nitrogens is 1. The molecule has 0 amide bonds. The van der Waals surface area contributed by atoms with Gasteiger partial charge >= 0.3 is 0 Å². The highest BCUT2D eigenvalue weighted by Gasteiger charge is 2.30. The Hall–Kier alpha value is -1.09. The van der Waals surface area contributed by atoms with E-state index >= 15 is 0 Å². The van der Waals surface area contributed by atoms with E-state index in [1.165, 1.54) is 31.2 Å². The SMILES string of the molecule is CCC1CCC(CNC)C(c2cncc(OC)c2)C1. The van der Waals surface area contributed by atoms with E-state index < -0.39 is 0 Å². The Labute approximate surface area is 116 Å². The Bertz CT molecular complexity index is 394. The molecule has 0 aromatic carbocycles. The van der Waals surface area contributed by atoms with E-state index in [0.29, 0.717) is 5.92 Å². The number of hydrogen-bond donors (Lipinski definition) is 1. The topological polar surface area (TPSA) is 34.2 Å². The maximum atomic E-state index is 5.32. The van der Waals surface area contributed by atoms with Crippen LogP contribution in [0.15, 0.2) is 18.5 Å². The van der Waals surface area contributed by atoms with Crippen molar-refractivity contribution in [3.05, 3.63) is 24.0 Å². The molecule has 3 unspecified atom stereocenters. The first-order valence-electron chi connectivity index (χ1n) is 7.42. The molecule has 1 aromatic heterocycles. The lowest BCUT2D eigenvalue weighted by Crippen LogP contribution is -2.30. The first kappa shape index (κ1) is 14.3. The van der Waals surface area contributed by atoms with Crippen LogP contribution in [0.2, 0.25) is 0 Å². The van der Waals surface area contributed by atoms with Crippen LogP contribution in [0, 0.1) is 11.8 Å². The first-order valence-corrected chi connectivity index (χ1v) is 7.42. The predicted octanol–water partition coefficient (Wildman–Crippen LogP) is 3.22. The highest BCUT2D eigenvalue weighted by atomic mass is 16.5. The van der Waals surface area contributed by atoms with Crippen molar-refractivity contribution in [3.8, 4) is 5.75 Å². The molecule has 0 aliphatic heterocycles. The van der Waals surface area contributed by atoms with E-state index in [0.717, 1.165) is 24.1 Å². The Kier molecular flexibility index (Phi) is 5.20. The molecule has 1 saturated carbocycles. The summed E-state index contributed by atoms with van der Waals surface area (Å²) in [6.45, 7) is 3.41. The van der Waals surface area contributed by atoms with Gasteiger partial charge in [0.2, 0.25) is 0 Å². The molecule has 1 aromatic rings. The third-order valence-corrected chi connectivity index (χ3v) is 4.54. The van der Waals surface area contributed by atoms with Crippen LogP contribution in [0.25, 0.3) is 0 Å². The van der Waals surface area contributed by atoms with Crippen molar-refractivity contribution in [2.24, 2.45) is 11.8 Å². The second-order valence-corrected chi connectivity index (χ2v) is 5.67. The fraction of sp³-hybridized carbons (Fsp3) is 0.688. The summed E-state index contributed by atoms with van der Waals surface area (Å²) in [5.74, 6) is 3.08. The number of pyridine rings is 1. The minimum absolute atomic E-state index is 0.619. The van der Waals surface area contributed by atoms with Gasteiger partial charge in [0.25, 0.3) is 0 Å².